The van der Waals surface area contributed by atoms with Crippen molar-refractivity contribution in [2.75, 3.05) is 11.9 Å². The highest BCUT2D eigenvalue weighted by atomic mass is 16.1. The van der Waals surface area contributed by atoms with E-state index in [1.54, 1.807) is 0 Å². The molecule has 2 aromatic rings. The molecule has 4 heteroatoms. The molecule has 21 heavy (non-hydrogen) atoms. The Bertz CT molecular complexity index is 575. The van der Waals surface area contributed by atoms with Crippen LogP contribution >= 0.6 is 0 Å². The van der Waals surface area contributed by atoms with Crippen LogP contribution in [0.15, 0.2) is 48.8 Å². The number of anilines is 1. The topological polar surface area (TPSA) is 60.1 Å². The van der Waals surface area contributed by atoms with Crippen molar-refractivity contribution in [3.05, 3.63) is 48.8 Å². The predicted molar refractivity (Wildman–Crippen MR) is 86.4 cm³/mol. The molecule has 4 nitrogen and oxygen atoms in total. The molecule has 2 rings (SSSR count). The van der Waals surface area contributed by atoms with Crippen LogP contribution in [0.4, 0.5) is 5.69 Å². The fourth-order valence-corrected chi connectivity index (χ4v) is 2.37. The Morgan fingerprint density at radius 3 is 2.57 bits per heavy atom. The Labute approximate surface area is 126 Å². The van der Waals surface area contributed by atoms with Gasteiger partial charge in [0.25, 0.3) is 0 Å². The van der Waals surface area contributed by atoms with Gasteiger partial charge in [-0.3, -0.25) is 4.79 Å². The Hall–Kier alpha value is -2.07. The summed E-state index contributed by atoms with van der Waals surface area (Å²) in [5.41, 5.74) is 7.54. The summed E-state index contributed by atoms with van der Waals surface area (Å²) in [7, 11) is 0. The molecule has 0 saturated carbocycles. The molecular weight excluding hydrogens is 262 g/mol. The van der Waals surface area contributed by atoms with Gasteiger partial charge in [-0.15, -0.1) is 0 Å². The van der Waals surface area contributed by atoms with Crippen LogP contribution in [-0.4, -0.2) is 17.0 Å². The van der Waals surface area contributed by atoms with Crippen LogP contribution < -0.4 is 11.1 Å². The summed E-state index contributed by atoms with van der Waals surface area (Å²) >= 11 is 0. The molecule has 3 N–H and O–H groups in total. The fourth-order valence-electron chi connectivity index (χ4n) is 2.37. The molecule has 0 bridgehead atoms. The van der Waals surface area contributed by atoms with E-state index >= 15 is 0 Å². The molecule has 1 atom stereocenters. The van der Waals surface area contributed by atoms with Crippen LogP contribution in [0.5, 0.6) is 0 Å². The summed E-state index contributed by atoms with van der Waals surface area (Å²) in [5.74, 6) is 0.312. The van der Waals surface area contributed by atoms with Gasteiger partial charge >= 0.3 is 0 Å². The number of hydrogen-bond donors (Lipinski definition) is 2. The molecule has 0 spiro atoms. The molecule has 1 aromatic heterocycles. The molecule has 1 unspecified atom stereocenters. The van der Waals surface area contributed by atoms with E-state index in [4.69, 9.17) is 5.73 Å². The smallest absolute Gasteiger partial charge is 0.228 e. The standard InChI is InChI=1S/C17H23N3O/c1-13(2)10-14(12-18)17(21)19-15-6-5-7-16(11-15)20-8-3-4-9-20/h3-9,11,13-14H,10,12,18H2,1-2H3,(H,19,21). The molecule has 0 aliphatic rings. The van der Waals surface area contributed by atoms with Crippen LogP contribution in [-0.2, 0) is 4.79 Å². The third kappa shape index (κ3) is 4.20. The van der Waals surface area contributed by atoms with Crippen LogP contribution in [0.1, 0.15) is 20.3 Å². The highest BCUT2D eigenvalue weighted by Gasteiger charge is 2.18. The van der Waals surface area contributed by atoms with E-state index in [0.29, 0.717) is 12.5 Å². The number of hydrogen-bond acceptors (Lipinski definition) is 2. The SMILES string of the molecule is CC(C)CC(CN)C(=O)Nc1cccc(-n2cccc2)c1. The number of aromatic nitrogens is 1. The minimum absolute atomic E-state index is 0.00384. The lowest BCUT2D eigenvalue weighted by molar-refractivity contribution is -0.120. The van der Waals surface area contributed by atoms with Gasteiger partial charge in [0.2, 0.25) is 5.91 Å². The van der Waals surface area contributed by atoms with E-state index in [9.17, 15) is 4.79 Å². The fraction of sp³-hybridized carbons (Fsp3) is 0.353. The number of rotatable bonds is 6. The van der Waals surface area contributed by atoms with E-state index in [0.717, 1.165) is 17.8 Å². The molecule has 1 amide bonds. The first-order chi connectivity index (χ1) is 10.1. The van der Waals surface area contributed by atoms with Crippen molar-refractivity contribution in [3.63, 3.8) is 0 Å². The van der Waals surface area contributed by atoms with Crippen molar-refractivity contribution in [1.82, 2.24) is 4.57 Å². The molecule has 1 aromatic carbocycles. The lowest BCUT2D eigenvalue weighted by Crippen LogP contribution is -2.30. The highest BCUT2D eigenvalue weighted by molar-refractivity contribution is 5.92. The average molecular weight is 285 g/mol. The van der Waals surface area contributed by atoms with Crippen molar-refractivity contribution in [1.29, 1.82) is 0 Å². The van der Waals surface area contributed by atoms with E-state index in [1.165, 1.54) is 0 Å². The van der Waals surface area contributed by atoms with E-state index < -0.39 is 0 Å². The van der Waals surface area contributed by atoms with E-state index in [-0.39, 0.29) is 11.8 Å². The first-order valence-corrected chi connectivity index (χ1v) is 7.34. The summed E-state index contributed by atoms with van der Waals surface area (Å²) in [6.07, 6.45) is 4.75. The monoisotopic (exact) mass is 285 g/mol. The van der Waals surface area contributed by atoms with Crippen molar-refractivity contribution in [2.24, 2.45) is 17.6 Å². The number of nitrogens with zero attached hydrogens (tertiary/aromatic N) is 1. The largest absolute Gasteiger partial charge is 0.330 e. The van der Waals surface area contributed by atoms with Gasteiger partial charge in [0.1, 0.15) is 0 Å². The third-order valence-electron chi connectivity index (χ3n) is 3.43. The summed E-state index contributed by atoms with van der Waals surface area (Å²) in [5, 5.41) is 2.97. The maximum Gasteiger partial charge on any atom is 0.228 e. The number of nitrogens with two attached hydrogens (primary N) is 1. The number of nitrogens with one attached hydrogen (secondary N) is 1. The van der Waals surface area contributed by atoms with Gasteiger partial charge < -0.3 is 15.6 Å². The summed E-state index contributed by atoms with van der Waals surface area (Å²) in [4.78, 5) is 12.3. The first-order valence-electron chi connectivity index (χ1n) is 7.34. The van der Waals surface area contributed by atoms with Crippen molar-refractivity contribution < 1.29 is 4.79 Å². The molecule has 1 heterocycles. The van der Waals surface area contributed by atoms with Crippen LogP contribution in [0.3, 0.4) is 0 Å². The minimum atomic E-state index is -0.139. The molecular formula is C17H23N3O. The molecule has 0 saturated heterocycles. The zero-order chi connectivity index (χ0) is 15.2. The molecule has 0 aliphatic carbocycles. The second kappa shape index (κ2) is 7.09. The maximum atomic E-state index is 12.3. The van der Waals surface area contributed by atoms with Crippen molar-refractivity contribution in [2.45, 2.75) is 20.3 Å². The molecule has 112 valence electrons. The first kappa shape index (κ1) is 15.3. The highest BCUT2D eigenvalue weighted by Crippen LogP contribution is 2.17. The summed E-state index contributed by atoms with van der Waals surface area (Å²) < 4.78 is 2.00. The minimum Gasteiger partial charge on any atom is -0.330 e. The van der Waals surface area contributed by atoms with Crippen LogP contribution in [0.2, 0.25) is 0 Å². The van der Waals surface area contributed by atoms with Gasteiger partial charge in [0.05, 0.1) is 5.92 Å². The van der Waals surface area contributed by atoms with Gasteiger partial charge in [0.15, 0.2) is 0 Å². The Kier molecular flexibility index (Phi) is 5.17. The Morgan fingerprint density at radius 2 is 1.95 bits per heavy atom. The predicted octanol–water partition coefficient (Wildman–Crippen LogP) is 3.04. The number of carbonyl (C=O) groups is 1. The zero-order valence-electron chi connectivity index (χ0n) is 12.6. The van der Waals surface area contributed by atoms with Gasteiger partial charge in [-0.05, 0) is 42.7 Å². The van der Waals surface area contributed by atoms with Gasteiger partial charge in [-0.25, -0.2) is 0 Å². The second-order valence-corrected chi connectivity index (χ2v) is 5.69. The van der Waals surface area contributed by atoms with E-state index in [1.807, 2.05) is 53.4 Å². The average Bonchev–Trinajstić information content (AvgIpc) is 2.99. The number of benzene rings is 1. The molecule has 0 radical (unpaired) electrons. The lowest BCUT2D eigenvalue weighted by Gasteiger charge is -2.17. The van der Waals surface area contributed by atoms with E-state index in [2.05, 4.69) is 19.2 Å². The number of amides is 1. The zero-order valence-corrected chi connectivity index (χ0v) is 12.6. The summed E-state index contributed by atoms with van der Waals surface area (Å²) in [6.45, 7) is 4.58. The van der Waals surface area contributed by atoms with Gasteiger partial charge in [-0.1, -0.05) is 19.9 Å². The third-order valence-corrected chi connectivity index (χ3v) is 3.43. The Balaban J connectivity index is 2.09. The van der Waals surface area contributed by atoms with Crippen LogP contribution in [0, 0.1) is 11.8 Å². The maximum absolute atomic E-state index is 12.3. The normalized spacial score (nSPS) is 12.4. The summed E-state index contributed by atoms with van der Waals surface area (Å²) in [6, 6.07) is 11.7. The van der Waals surface area contributed by atoms with Crippen molar-refractivity contribution >= 4 is 11.6 Å². The van der Waals surface area contributed by atoms with Gasteiger partial charge in [0, 0.05) is 30.3 Å². The lowest BCUT2D eigenvalue weighted by atomic mass is 9.96. The Morgan fingerprint density at radius 1 is 1.24 bits per heavy atom. The molecule has 0 aliphatic heterocycles. The quantitative estimate of drug-likeness (QED) is 0.857. The van der Waals surface area contributed by atoms with Gasteiger partial charge in [-0.2, -0.15) is 0 Å². The second-order valence-electron chi connectivity index (χ2n) is 5.69. The van der Waals surface area contributed by atoms with Crippen LogP contribution in [0.25, 0.3) is 5.69 Å². The number of carbonyl (C=O) groups excluding carboxylic acids is 1. The molecule has 0 fully saturated rings. The van der Waals surface area contributed by atoms with Crippen molar-refractivity contribution in [3.8, 4) is 5.69 Å².